The van der Waals surface area contributed by atoms with Crippen molar-refractivity contribution in [2.24, 2.45) is 0 Å². The van der Waals surface area contributed by atoms with E-state index in [4.69, 9.17) is 0 Å². The van der Waals surface area contributed by atoms with Gasteiger partial charge in [-0.3, -0.25) is 4.79 Å². The molecule has 1 nitrogen and oxygen atoms in total. The van der Waals surface area contributed by atoms with Crippen LogP contribution >= 0.6 is 11.3 Å². The Bertz CT molecular complexity index is 2430. The maximum absolute atomic E-state index is 14.7. The minimum absolute atomic E-state index is 0.0550. The van der Waals surface area contributed by atoms with Gasteiger partial charge < -0.3 is 0 Å². The van der Waals surface area contributed by atoms with E-state index in [2.05, 4.69) is 170 Å². The summed E-state index contributed by atoms with van der Waals surface area (Å²) in [6.07, 6.45) is 0. The Balaban J connectivity index is 1.27. The number of fused-ring (bicyclic) bond motifs is 2. The molecule has 0 fully saturated rings. The Kier molecular flexibility index (Phi) is 7.92. The lowest BCUT2D eigenvalue weighted by Gasteiger charge is -2.17. The SMILES string of the molecule is O=c1c2cc(-c3c(-c4ccccc4)cccc3-c3ccccc3)ccc2sc2ccc(-c3c(-c4ccccc4)cccc3-c3ccccc3)cc12. The average Bonchev–Trinajstić information content (AvgIpc) is 3.21. The lowest BCUT2D eigenvalue weighted by Crippen LogP contribution is -2.02. The smallest absolute Gasteiger partial charge is 0.195 e. The van der Waals surface area contributed by atoms with E-state index < -0.39 is 0 Å². The molecule has 240 valence electrons. The molecule has 51 heavy (non-hydrogen) atoms. The number of hydrogen-bond donors (Lipinski definition) is 0. The maximum Gasteiger partial charge on any atom is 0.195 e. The van der Waals surface area contributed by atoms with Gasteiger partial charge in [0.25, 0.3) is 0 Å². The normalized spacial score (nSPS) is 11.2. The summed E-state index contributed by atoms with van der Waals surface area (Å²) in [6, 6.07) is 67.9. The van der Waals surface area contributed by atoms with E-state index in [0.29, 0.717) is 0 Å². The molecule has 0 aliphatic heterocycles. The van der Waals surface area contributed by atoms with E-state index in [1.54, 1.807) is 11.3 Å². The standard InChI is InChI=1S/C49H32OS/c50-49-43-31-37(47-39(33-15-5-1-6-16-33)23-13-24-40(47)34-17-7-2-8-18-34)27-29-45(43)51-46-30-28-38(32-44(46)49)48-41(35-19-9-3-10-20-35)25-14-26-42(48)36-21-11-4-12-22-36/h1-32H. The Hall–Kier alpha value is -6.35. The summed E-state index contributed by atoms with van der Waals surface area (Å²) in [5.74, 6) is 0. The topological polar surface area (TPSA) is 17.1 Å². The maximum atomic E-state index is 14.7. The molecule has 2 heteroatoms. The number of hydrogen-bond acceptors (Lipinski definition) is 2. The minimum atomic E-state index is 0.0550. The van der Waals surface area contributed by atoms with Crippen molar-refractivity contribution in [3.63, 3.8) is 0 Å². The fraction of sp³-hybridized carbons (Fsp3) is 0. The van der Waals surface area contributed by atoms with Crippen LogP contribution in [-0.4, -0.2) is 0 Å². The second-order valence-corrected chi connectivity index (χ2v) is 13.9. The highest BCUT2D eigenvalue weighted by molar-refractivity contribution is 7.24. The summed E-state index contributed by atoms with van der Waals surface area (Å²) >= 11 is 1.68. The average molecular weight is 669 g/mol. The molecule has 0 bridgehead atoms. The van der Waals surface area contributed by atoms with Crippen LogP contribution in [0.4, 0.5) is 0 Å². The molecule has 0 saturated heterocycles. The molecule has 0 unspecified atom stereocenters. The fourth-order valence-corrected chi connectivity index (χ4v) is 8.36. The molecule has 0 amide bonds. The third kappa shape index (κ3) is 5.66. The largest absolute Gasteiger partial charge is 0.289 e. The monoisotopic (exact) mass is 668 g/mol. The molecule has 9 rings (SSSR count). The van der Waals surface area contributed by atoms with E-state index in [0.717, 1.165) is 86.9 Å². The first-order valence-electron chi connectivity index (χ1n) is 17.2. The highest BCUT2D eigenvalue weighted by atomic mass is 32.1. The summed E-state index contributed by atoms with van der Waals surface area (Å²) in [5.41, 5.74) is 13.5. The van der Waals surface area contributed by atoms with Gasteiger partial charge in [-0.05, 0) is 91.0 Å². The molecule has 9 aromatic rings. The van der Waals surface area contributed by atoms with Crippen molar-refractivity contribution in [2.75, 3.05) is 0 Å². The second kappa shape index (κ2) is 13.2. The Morgan fingerprint density at radius 3 is 0.922 bits per heavy atom. The molecule has 0 spiro atoms. The van der Waals surface area contributed by atoms with Crippen molar-refractivity contribution in [3.8, 4) is 66.8 Å². The van der Waals surface area contributed by atoms with Crippen molar-refractivity contribution in [2.45, 2.75) is 0 Å². The summed E-state index contributed by atoms with van der Waals surface area (Å²) < 4.78 is 1.97. The van der Waals surface area contributed by atoms with Gasteiger partial charge in [0.15, 0.2) is 5.43 Å². The first-order valence-corrected chi connectivity index (χ1v) is 18.0. The van der Waals surface area contributed by atoms with Crippen LogP contribution in [0.25, 0.3) is 86.9 Å². The zero-order valence-electron chi connectivity index (χ0n) is 27.8. The molecule has 0 N–H and O–H groups in total. The first-order chi connectivity index (χ1) is 25.2. The molecular weight excluding hydrogens is 637 g/mol. The number of benzene rings is 8. The van der Waals surface area contributed by atoms with Gasteiger partial charge in [-0.2, -0.15) is 0 Å². The molecule has 0 radical (unpaired) electrons. The molecule has 0 saturated carbocycles. The quantitative estimate of drug-likeness (QED) is 0.161. The van der Waals surface area contributed by atoms with Crippen LogP contribution in [0.5, 0.6) is 0 Å². The summed E-state index contributed by atoms with van der Waals surface area (Å²) in [4.78, 5) is 14.7. The van der Waals surface area contributed by atoms with Gasteiger partial charge in [-0.1, -0.05) is 170 Å². The highest BCUT2D eigenvalue weighted by Gasteiger charge is 2.18. The second-order valence-electron chi connectivity index (χ2n) is 12.8. The van der Waals surface area contributed by atoms with Crippen molar-refractivity contribution < 1.29 is 0 Å². The molecule has 8 aromatic carbocycles. The van der Waals surface area contributed by atoms with E-state index in [-0.39, 0.29) is 5.43 Å². The van der Waals surface area contributed by atoms with Crippen molar-refractivity contribution >= 4 is 31.5 Å². The Morgan fingerprint density at radius 2 is 0.608 bits per heavy atom. The van der Waals surface area contributed by atoms with E-state index in [1.807, 2.05) is 24.3 Å². The summed E-state index contributed by atoms with van der Waals surface area (Å²) in [6.45, 7) is 0. The van der Waals surface area contributed by atoms with Gasteiger partial charge in [-0.15, -0.1) is 11.3 Å². The Labute approximate surface area is 301 Å². The summed E-state index contributed by atoms with van der Waals surface area (Å²) in [5, 5.41) is 1.48. The van der Waals surface area contributed by atoms with Gasteiger partial charge in [0.1, 0.15) is 0 Å². The van der Waals surface area contributed by atoms with Crippen LogP contribution in [-0.2, 0) is 0 Å². The Morgan fingerprint density at radius 1 is 0.294 bits per heavy atom. The zero-order chi connectivity index (χ0) is 34.1. The van der Waals surface area contributed by atoms with Crippen LogP contribution in [0.3, 0.4) is 0 Å². The van der Waals surface area contributed by atoms with E-state index in [9.17, 15) is 4.79 Å². The lowest BCUT2D eigenvalue weighted by molar-refractivity contribution is 1.56. The van der Waals surface area contributed by atoms with Crippen LogP contribution in [0, 0.1) is 0 Å². The zero-order valence-corrected chi connectivity index (χ0v) is 28.6. The lowest BCUT2D eigenvalue weighted by atomic mass is 9.87. The molecule has 0 aliphatic rings. The predicted molar refractivity (Wildman–Crippen MR) is 218 cm³/mol. The molecular formula is C49H32OS. The number of rotatable bonds is 6. The fourth-order valence-electron chi connectivity index (χ4n) is 7.33. The van der Waals surface area contributed by atoms with Gasteiger partial charge >= 0.3 is 0 Å². The molecule has 1 aromatic heterocycles. The van der Waals surface area contributed by atoms with Crippen molar-refractivity contribution in [1.29, 1.82) is 0 Å². The first kappa shape index (κ1) is 30.7. The molecule has 0 atom stereocenters. The van der Waals surface area contributed by atoms with Crippen molar-refractivity contribution in [3.05, 3.63) is 204 Å². The van der Waals surface area contributed by atoms with Crippen LogP contribution < -0.4 is 5.43 Å². The third-order valence-corrected chi connectivity index (χ3v) is 10.9. The van der Waals surface area contributed by atoms with Gasteiger partial charge in [-0.25, -0.2) is 0 Å². The summed E-state index contributed by atoms with van der Waals surface area (Å²) in [7, 11) is 0. The highest BCUT2D eigenvalue weighted by Crippen LogP contribution is 2.43. The molecule has 0 aliphatic carbocycles. The van der Waals surface area contributed by atoms with Crippen molar-refractivity contribution in [1.82, 2.24) is 0 Å². The minimum Gasteiger partial charge on any atom is -0.289 e. The van der Waals surface area contributed by atoms with Crippen LogP contribution in [0.1, 0.15) is 0 Å². The van der Waals surface area contributed by atoms with Gasteiger partial charge in [0.05, 0.1) is 0 Å². The third-order valence-electron chi connectivity index (χ3n) is 9.71. The van der Waals surface area contributed by atoms with E-state index >= 15 is 0 Å². The molecule has 1 heterocycles. The van der Waals surface area contributed by atoms with Gasteiger partial charge in [0, 0.05) is 20.2 Å². The van der Waals surface area contributed by atoms with Crippen LogP contribution in [0.15, 0.2) is 199 Å². The van der Waals surface area contributed by atoms with Crippen LogP contribution in [0.2, 0.25) is 0 Å². The van der Waals surface area contributed by atoms with E-state index in [1.165, 1.54) is 0 Å². The predicted octanol–water partition coefficient (Wildman–Crippen LogP) is 13.4. The van der Waals surface area contributed by atoms with Gasteiger partial charge in [0.2, 0.25) is 0 Å².